The van der Waals surface area contributed by atoms with Gasteiger partial charge in [-0.25, -0.2) is 8.42 Å². The number of piperidine rings is 1. The molecule has 1 aromatic carbocycles. The molecule has 2 atom stereocenters. The van der Waals surface area contributed by atoms with E-state index >= 15 is 0 Å². The summed E-state index contributed by atoms with van der Waals surface area (Å²) in [7, 11) is -2.94. The van der Waals surface area contributed by atoms with Gasteiger partial charge in [0.1, 0.15) is 0 Å². The molecule has 2 rings (SSSR count). The van der Waals surface area contributed by atoms with E-state index in [0.29, 0.717) is 6.04 Å². The van der Waals surface area contributed by atoms with Crippen LogP contribution in [0.3, 0.4) is 0 Å². The summed E-state index contributed by atoms with van der Waals surface area (Å²) in [5, 5.41) is 4.23. The molecule has 1 aromatic rings. The Kier molecular flexibility index (Phi) is 6.12. The predicted octanol–water partition coefficient (Wildman–Crippen LogP) is 2.72. The molecule has 0 radical (unpaired) electrons. The zero-order valence-corrected chi connectivity index (χ0v) is 14.8. The van der Waals surface area contributed by atoms with Crippen LogP contribution in [0.5, 0.6) is 0 Å². The molecule has 1 heterocycles. The van der Waals surface area contributed by atoms with Gasteiger partial charge in [-0.2, -0.15) is 0 Å². The molecule has 124 valence electrons. The van der Waals surface area contributed by atoms with Gasteiger partial charge in [0.05, 0.1) is 16.5 Å². The van der Waals surface area contributed by atoms with Crippen molar-refractivity contribution in [1.82, 2.24) is 5.32 Å². The van der Waals surface area contributed by atoms with Gasteiger partial charge in [0.2, 0.25) is 0 Å². The van der Waals surface area contributed by atoms with Crippen LogP contribution >= 0.6 is 11.6 Å². The summed E-state index contributed by atoms with van der Waals surface area (Å²) < 4.78 is 23.4. The van der Waals surface area contributed by atoms with Gasteiger partial charge >= 0.3 is 0 Å². The Morgan fingerprint density at radius 3 is 2.82 bits per heavy atom. The van der Waals surface area contributed by atoms with Crippen molar-refractivity contribution in [1.29, 1.82) is 0 Å². The van der Waals surface area contributed by atoms with Crippen molar-refractivity contribution >= 4 is 27.1 Å². The van der Waals surface area contributed by atoms with Gasteiger partial charge in [-0.15, -0.1) is 0 Å². The molecule has 0 amide bonds. The Hall–Kier alpha value is -0.780. The van der Waals surface area contributed by atoms with Gasteiger partial charge in [0, 0.05) is 30.9 Å². The van der Waals surface area contributed by atoms with Gasteiger partial charge in [0.15, 0.2) is 9.84 Å². The summed E-state index contributed by atoms with van der Waals surface area (Å²) >= 11 is 6.28. The molecular formula is C16H25ClN2O2S. The Morgan fingerprint density at radius 2 is 2.14 bits per heavy atom. The van der Waals surface area contributed by atoms with E-state index < -0.39 is 9.84 Å². The maximum atomic E-state index is 11.7. The number of nitrogens with one attached hydrogen (secondary N) is 1. The molecule has 0 bridgehead atoms. The van der Waals surface area contributed by atoms with Crippen molar-refractivity contribution in [3.63, 3.8) is 0 Å². The van der Waals surface area contributed by atoms with Crippen LogP contribution in [0.2, 0.25) is 5.02 Å². The minimum Gasteiger partial charge on any atom is -0.369 e. The van der Waals surface area contributed by atoms with Gasteiger partial charge < -0.3 is 10.2 Å². The van der Waals surface area contributed by atoms with E-state index in [1.54, 1.807) is 6.92 Å². The van der Waals surface area contributed by atoms with Crippen LogP contribution in [-0.2, 0) is 9.84 Å². The lowest BCUT2D eigenvalue weighted by atomic mass is 10.0. The van der Waals surface area contributed by atoms with E-state index in [1.807, 2.05) is 31.2 Å². The SMILES string of the molecule is CCS(=O)(=O)C[C@@H](C)N[C@H]1CCCN(c2ccccc2Cl)C1. The van der Waals surface area contributed by atoms with E-state index in [-0.39, 0.29) is 17.5 Å². The number of hydrogen-bond acceptors (Lipinski definition) is 4. The van der Waals surface area contributed by atoms with Crippen molar-refractivity contribution in [2.75, 3.05) is 29.5 Å². The molecule has 0 unspecified atom stereocenters. The van der Waals surface area contributed by atoms with Crippen molar-refractivity contribution in [2.24, 2.45) is 0 Å². The topological polar surface area (TPSA) is 49.4 Å². The first kappa shape index (κ1) is 17.6. The van der Waals surface area contributed by atoms with E-state index in [0.717, 1.165) is 36.6 Å². The molecule has 1 aliphatic rings. The largest absolute Gasteiger partial charge is 0.369 e. The van der Waals surface area contributed by atoms with Gasteiger partial charge in [-0.05, 0) is 31.9 Å². The van der Waals surface area contributed by atoms with Crippen LogP contribution in [0.1, 0.15) is 26.7 Å². The van der Waals surface area contributed by atoms with Crippen molar-refractivity contribution in [3.05, 3.63) is 29.3 Å². The summed E-state index contributed by atoms with van der Waals surface area (Å²) in [4.78, 5) is 2.28. The first-order chi connectivity index (χ1) is 10.4. The molecule has 1 fully saturated rings. The summed E-state index contributed by atoms with van der Waals surface area (Å²) in [5.41, 5.74) is 1.06. The first-order valence-electron chi connectivity index (χ1n) is 7.87. The maximum absolute atomic E-state index is 11.7. The Morgan fingerprint density at radius 1 is 1.41 bits per heavy atom. The van der Waals surface area contributed by atoms with Crippen LogP contribution in [0.4, 0.5) is 5.69 Å². The summed E-state index contributed by atoms with van der Waals surface area (Å²) in [6.07, 6.45) is 2.15. The van der Waals surface area contributed by atoms with Crippen LogP contribution < -0.4 is 10.2 Å². The highest BCUT2D eigenvalue weighted by molar-refractivity contribution is 7.91. The average molecular weight is 345 g/mol. The number of nitrogens with zero attached hydrogens (tertiary/aromatic N) is 1. The molecule has 6 heteroatoms. The van der Waals surface area contributed by atoms with E-state index in [2.05, 4.69) is 10.2 Å². The van der Waals surface area contributed by atoms with Crippen LogP contribution in [0.15, 0.2) is 24.3 Å². The molecular weight excluding hydrogens is 320 g/mol. The van der Waals surface area contributed by atoms with Crippen molar-refractivity contribution < 1.29 is 8.42 Å². The molecule has 1 saturated heterocycles. The molecule has 1 N–H and O–H groups in total. The van der Waals surface area contributed by atoms with E-state index in [9.17, 15) is 8.42 Å². The number of anilines is 1. The fourth-order valence-electron chi connectivity index (χ4n) is 2.99. The Bertz CT molecular complexity index is 592. The second kappa shape index (κ2) is 7.66. The maximum Gasteiger partial charge on any atom is 0.151 e. The zero-order valence-electron chi connectivity index (χ0n) is 13.3. The highest BCUT2D eigenvalue weighted by Crippen LogP contribution is 2.27. The standard InChI is InChI=1S/C16H25ClN2O2S/c1-3-22(20,21)12-13(2)18-14-7-6-10-19(11-14)16-9-5-4-8-15(16)17/h4-5,8-9,13-14,18H,3,6-7,10-12H2,1-2H3/t13-,14+/m1/s1. The first-order valence-corrected chi connectivity index (χ1v) is 10.1. The van der Waals surface area contributed by atoms with Crippen LogP contribution in [0.25, 0.3) is 0 Å². The zero-order chi connectivity index (χ0) is 16.2. The number of para-hydroxylation sites is 1. The van der Waals surface area contributed by atoms with Crippen LogP contribution in [-0.4, -0.2) is 45.1 Å². The molecule has 0 saturated carbocycles. The molecule has 4 nitrogen and oxygen atoms in total. The smallest absolute Gasteiger partial charge is 0.151 e. The predicted molar refractivity (Wildman–Crippen MR) is 93.6 cm³/mol. The van der Waals surface area contributed by atoms with Crippen molar-refractivity contribution in [3.8, 4) is 0 Å². The molecule has 0 aromatic heterocycles. The molecule has 22 heavy (non-hydrogen) atoms. The minimum atomic E-state index is -2.94. The molecule has 0 spiro atoms. The second-order valence-corrected chi connectivity index (χ2v) is 8.81. The quantitative estimate of drug-likeness (QED) is 0.862. The third-order valence-electron chi connectivity index (χ3n) is 4.08. The fraction of sp³-hybridized carbons (Fsp3) is 0.625. The lowest BCUT2D eigenvalue weighted by Gasteiger charge is -2.36. The van der Waals surface area contributed by atoms with E-state index in [4.69, 9.17) is 11.6 Å². The monoisotopic (exact) mass is 344 g/mol. The summed E-state index contributed by atoms with van der Waals surface area (Å²) in [5.74, 6) is 0.404. The number of benzene rings is 1. The van der Waals surface area contributed by atoms with Gasteiger partial charge in [0.25, 0.3) is 0 Å². The van der Waals surface area contributed by atoms with Gasteiger partial charge in [-0.3, -0.25) is 0 Å². The third-order valence-corrected chi connectivity index (χ3v) is 6.29. The molecule has 1 aliphatic heterocycles. The lowest BCUT2D eigenvalue weighted by molar-refractivity contribution is 0.394. The average Bonchev–Trinajstić information content (AvgIpc) is 2.47. The highest BCUT2D eigenvalue weighted by Gasteiger charge is 2.24. The number of halogens is 1. The van der Waals surface area contributed by atoms with E-state index in [1.165, 1.54) is 0 Å². The summed E-state index contributed by atoms with van der Waals surface area (Å²) in [6.45, 7) is 5.49. The third kappa shape index (κ3) is 4.86. The minimum absolute atomic E-state index is 0.0267. The lowest BCUT2D eigenvalue weighted by Crippen LogP contribution is -2.50. The van der Waals surface area contributed by atoms with Crippen molar-refractivity contribution in [2.45, 2.75) is 38.8 Å². The van der Waals surface area contributed by atoms with Crippen LogP contribution in [0, 0.1) is 0 Å². The second-order valence-electron chi connectivity index (χ2n) is 6.00. The number of sulfone groups is 1. The number of rotatable bonds is 6. The normalized spacial score (nSPS) is 20.9. The van der Waals surface area contributed by atoms with Gasteiger partial charge in [-0.1, -0.05) is 30.7 Å². The summed E-state index contributed by atoms with van der Waals surface area (Å²) in [6, 6.07) is 8.14. The number of hydrogen-bond donors (Lipinski definition) is 1. The molecule has 0 aliphatic carbocycles. The fourth-order valence-corrected chi connectivity index (χ4v) is 4.34. The Labute approximate surface area is 138 Å². The Balaban J connectivity index is 1.95. The highest BCUT2D eigenvalue weighted by atomic mass is 35.5.